The van der Waals surface area contributed by atoms with Crippen molar-refractivity contribution in [1.82, 2.24) is 0 Å². The number of nitro groups is 1. The Kier molecular flexibility index (Phi) is 5.43. The smallest absolute Gasteiger partial charge is 0.293 e. The molecule has 0 fully saturated rings. The molecule has 0 amide bonds. The Labute approximate surface area is 129 Å². The summed E-state index contributed by atoms with van der Waals surface area (Å²) in [5, 5.41) is 14.1. The van der Waals surface area contributed by atoms with Crippen LogP contribution >= 0.6 is 27.7 Å². The first-order chi connectivity index (χ1) is 9.66. The molecule has 1 N–H and O–H groups in total. The first kappa shape index (κ1) is 14.9. The second-order valence-corrected chi connectivity index (χ2v) is 6.09. The lowest BCUT2D eigenvalue weighted by molar-refractivity contribution is -0.384. The van der Waals surface area contributed by atoms with E-state index < -0.39 is 0 Å². The zero-order valence-electron chi connectivity index (χ0n) is 10.6. The van der Waals surface area contributed by atoms with Crippen LogP contribution in [0.3, 0.4) is 0 Å². The zero-order chi connectivity index (χ0) is 14.4. The molecule has 6 heteroatoms. The first-order valence-electron chi connectivity index (χ1n) is 6.02. The maximum absolute atomic E-state index is 11.0. The van der Waals surface area contributed by atoms with Crippen LogP contribution in [0.5, 0.6) is 0 Å². The first-order valence-corrected chi connectivity index (χ1v) is 7.80. The van der Waals surface area contributed by atoms with Gasteiger partial charge in [-0.1, -0.05) is 34.1 Å². The average Bonchev–Trinajstić information content (AvgIpc) is 2.45. The van der Waals surface area contributed by atoms with Crippen molar-refractivity contribution in [2.24, 2.45) is 0 Å². The maximum Gasteiger partial charge on any atom is 0.293 e. The molecule has 0 saturated heterocycles. The summed E-state index contributed by atoms with van der Waals surface area (Å²) < 4.78 is 0.702. The number of hydrogen-bond acceptors (Lipinski definition) is 4. The number of nitrogens with zero attached hydrogens (tertiary/aromatic N) is 1. The van der Waals surface area contributed by atoms with Gasteiger partial charge in [0.05, 0.1) is 4.92 Å². The number of benzene rings is 2. The summed E-state index contributed by atoms with van der Waals surface area (Å²) in [5.74, 6) is 0.844. The van der Waals surface area contributed by atoms with Crippen LogP contribution in [0.4, 0.5) is 11.4 Å². The van der Waals surface area contributed by atoms with Crippen LogP contribution in [0.25, 0.3) is 0 Å². The number of rotatable bonds is 6. The number of thioether (sulfide) groups is 1. The van der Waals surface area contributed by atoms with E-state index in [9.17, 15) is 10.1 Å². The van der Waals surface area contributed by atoms with Crippen molar-refractivity contribution >= 4 is 39.1 Å². The summed E-state index contributed by atoms with van der Waals surface area (Å²) in [5.41, 5.74) is 0.635. The predicted molar refractivity (Wildman–Crippen MR) is 86.5 cm³/mol. The zero-order valence-corrected chi connectivity index (χ0v) is 13.0. The minimum Gasteiger partial charge on any atom is -0.379 e. The van der Waals surface area contributed by atoms with Gasteiger partial charge in [-0.15, -0.1) is 11.8 Å². The Hall–Kier alpha value is -1.53. The highest BCUT2D eigenvalue weighted by Gasteiger charge is 2.13. The summed E-state index contributed by atoms with van der Waals surface area (Å²) in [6, 6.07) is 15.1. The average molecular weight is 353 g/mol. The monoisotopic (exact) mass is 352 g/mol. The van der Waals surface area contributed by atoms with Crippen LogP contribution in [0, 0.1) is 10.1 Å². The fourth-order valence-corrected chi connectivity index (χ4v) is 2.82. The maximum atomic E-state index is 11.0. The molecule has 2 aromatic carbocycles. The number of halogens is 1. The summed E-state index contributed by atoms with van der Waals surface area (Å²) in [6.07, 6.45) is 0. The lowest BCUT2D eigenvalue weighted by atomic mass is 10.2. The van der Waals surface area contributed by atoms with E-state index in [2.05, 4.69) is 21.2 Å². The van der Waals surface area contributed by atoms with Gasteiger partial charge in [0.1, 0.15) is 5.69 Å². The van der Waals surface area contributed by atoms with Crippen molar-refractivity contribution in [3.05, 3.63) is 63.1 Å². The van der Waals surface area contributed by atoms with Crippen LogP contribution < -0.4 is 5.32 Å². The van der Waals surface area contributed by atoms with E-state index in [1.54, 1.807) is 23.9 Å². The van der Waals surface area contributed by atoms with Crippen molar-refractivity contribution < 1.29 is 4.92 Å². The van der Waals surface area contributed by atoms with E-state index >= 15 is 0 Å². The highest BCUT2D eigenvalue weighted by molar-refractivity contribution is 9.10. The summed E-state index contributed by atoms with van der Waals surface area (Å²) in [7, 11) is 0. The van der Waals surface area contributed by atoms with E-state index in [0.29, 0.717) is 16.7 Å². The SMILES string of the molecule is O=[N+]([O-])c1cc(Br)ccc1NCCSc1ccccc1. The van der Waals surface area contributed by atoms with Crippen LogP contribution in [0.1, 0.15) is 0 Å². The summed E-state index contributed by atoms with van der Waals surface area (Å²) in [4.78, 5) is 11.8. The molecule has 0 radical (unpaired) electrons. The molecule has 0 heterocycles. The second-order valence-electron chi connectivity index (χ2n) is 4.01. The highest BCUT2D eigenvalue weighted by Crippen LogP contribution is 2.28. The Bertz CT molecular complexity index is 593. The van der Waals surface area contributed by atoms with Crippen molar-refractivity contribution in [2.75, 3.05) is 17.6 Å². The molecule has 0 bridgehead atoms. The second kappa shape index (κ2) is 7.31. The molecule has 0 aliphatic heterocycles. The molecular formula is C14H13BrN2O2S. The minimum atomic E-state index is -0.378. The van der Waals surface area contributed by atoms with Gasteiger partial charge in [-0.05, 0) is 24.3 Å². The molecule has 20 heavy (non-hydrogen) atoms. The summed E-state index contributed by atoms with van der Waals surface area (Å²) in [6.45, 7) is 0.669. The number of nitrogens with one attached hydrogen (secondary N) is 1. The van der Waals surface area contributed by atoms with Crippen molar-refractivity contribution in [3.63, 3.8) is 0 Å². The fourth-order valence-electron chi connectivity index (χ4n) is 1.68. The quantitative estimate of drug-likeness (QED) is 0.358. The Morgan fingerprint density at radius 1 is 1.20 bits per heavy atom. The largest absolute Gasteiger partial charge is 0.379 e. The number of nitro benzene ring substituents is 1. The standard InChI is InChI=1S/C14H13BrN2O2S/c15-11-6-7-13(14(10-11)17(18)19)16-8-9-20-12-4-2-1-3-5-12/h1-7,10,16H,8-9H2. The van der Waals surface area contributed by atoms with Crippen LogP contribution in [-0.4, -0.2) is 17.2 Å². The van der Waals surface area contributed by atoms with Crippen molar-refractivity contribution in [2.45, 2.75) is 4.90 Å². The van der Waals surface area contributed by atoms with Gasteiger partial charge in [0.15, 0.2) is 0 Å². The topological polar surface area (TPSA) is 55.2 Å². The lowest BCUT2D eigenvalue weighted by Gasteiger charge is -2.07. The van der Waals surface area contributed by atoms with Crippen LogP contribution in [0.2, 0.25) is 0 Å². The molecule has 104 valence electrons. The molecule has 0 atom stereocenters. The molecule has 0 aliphatic carbocycles. The van der Waals surface area contributed by atoms with Crippen molar-refractivity contribution in [1.29, 1.82) is 0 Å². The molecule has 0 saturated carbocycles. The molecular weight excluding hydrogens is 340 g/mol. The molecule has 0 aliphatic rings. The fraction of sp³-hybridized carbons (Fsp3) is 0.143. The predicted octanol–water partition coefficient (Wildman–Crippen LogP) is 4.56. The van der Waals surface area contributed by atoms with Gasteiger partial charge < -0.3 is 5.32 Å². The Balaban J connectivity index is 1.90. The molecule has 4 nitrogen and oxygen atoms in total. The molecule has 0 spiro atoms. The summed E-state index contributed by atoms with van der Waals surface area (Å²) >= 11 is 4.96. The third kappa shape index (κ3) is 4.25. The van der Waals surface area contributed by atoms with E-state index in [1.165, 1.54) is 11.0 Å². The van der Waals surface area contributed by atoms with Gasteiger partial charge >= 0.3 is 0 Å². The Morgan fingerprint density at radius 2 is 1.95 bits per heavy atom. The number of anilines is 1. The van der Waals surface area contributed by atoms with Gasteiger partial charge in [-0.2, -0.15) is 0 Å². The highest BCUT2D eigenvalue weighted by atomic mass is 79.9. The van der Waals surface area contributed by atoms with E-state index in [0.717, 1.165) is 5.75 Å². The van der Waals surface area contributed by atoms with Crippen LogP contribution in [0.15, 0.2) is 57.9 Å². The number of hydrogen-bond donors (Lipinski definition) is 1. The normalized spacial score (nSPS) is 10.2. The van der Waals surface area contributed by atoms with Crippen LogP contribution in [-0.2, 0) is 0 Å². The van der Waals surface area contributed by atoms with Gasteiger partial charge in [0.25, 0.3) is 5.69 Å². The third-order valence-electron chi connectivity index (χ3n) is 2.59. The van der Waals surface area contributed by atoms with E-state index in [1.807, 2.05) is 30.3 Å². The molecule has 2 aromatic rings. The van der Waals surface area contributed by atoms with E-state index in [4.69, 9.17) is 0 Å². The molecule has 0 aromatic heterocycles. The van der Waals surface area contributed by atoms with Gasteiger partial charge in [0.2, 0.25) is 0 Å². The molecule has 0 unspecified atom stereocenters. The lowest BCUT2D eigenvalue weighted by Crippen LogP contribution is -2.06. The van der Waals surface area contributed by atoms with Gasteiger partial charge in [0, 0.05) is 27.7 Å². The van der Waals surface area contributed by atoms with E-state index in [-0.39, 0.29) is 10.6 Å². The minimum absolute atomic E-state index is 0.0871. The Morgan fingerprint density at radius 3 is 2.65 bits per heavy atom. The van der Waals surface area contributed by atoms with Gasteiger partial charge in [-0.25, -0.2) is 0 Å². The van der Waals surface area contributed by atoms with Gasteiger partial charge in [-0.3, -0.25) is 10.1 Å². The molecule has 2 rings (SSSR count). The van der Waals surface area contributed by atoms with Crippen molar-refractivity contribution in [3.8, 4) is 0 Å². The third-order valence-corrected chi connectivity index (χ3v) is 4.09.